The molecule has 0 unspecified atom stereocenters. The number of aryl methyl sites for hydroxylation is 1. The average Bonchev–Trinajstić information content (AvgIpc) is 2.85. The lowest BCUT2D eigenvalue weighted by Crippen LogP contribution is -2.14. The predicted octanol–water partition coefficient (Wildman–Crippen LogP) is 3.15. The summed E-state index contributed by atoms with van der Waals surface area (Å²) < 4.78 is 40.3. The maximum absolute atomic E-state index is 12.9. The quantitative estimate of drug-likeness (QED) is 0.942. The van der Waals surface area contributed by atoms with Crippen molar-refractivity contribution in [1.29, 1.82) is 0 Å². The van der Waals surface area contributed by atoms with Crippen molar-refractivity contribution in [2.75, 3.05) is 0 Å². The Balaban J connectivity index is 2.61. The highest BCUT2D eigenvalue weighted by Gasteiger charge is 2.35. The Labute approximate surface area is 112 Å². The first kappa shape index (κ1) is 14.1. The van der Waals surface area contributed by atoms with Crippen molar-refractivity contribution in [3.8, 4) is 5.69 Å². The van der Waals surface area contributed by atoms with Crippen LogP contribution in [0.3, 0.4) is 0 Å². The molecule has 0 aliphatic carbocycles. The fourth-order valence-corrected chi connectivity index (χ4v) is 1.93. The molecule has 0 atom stereocenters. The molecule has 0 aliphatic heterocycles. The van der Waals surface area contributed by atoms with Gasteiger partial charge in [-0.15, -0.1) is 0 Å². The maximum Gasteiger partial charge on any atom is 0.417 e. The van der Waals surface area contributed by atoms with E-state index >= 15 is 0 Å². The normalized spacial score (nSPS) is 11.6. The fourth-order valence-electron chi connectivity index (χ4n) is 1.93. The molecule has 106 valence electrons. The molecule has 0 spiro atoms. The van der Waals surface area contributed by atoms with Crippen molar-refractivity contribution >= 4 is 5.97 Å². The summed E-state index contributed by atoms with van der Waals surface area (Å²) in [4.78, 5) is 14.9. The molecule has 20 heavy (non-hydrogen) atoms. The molecule has 0 aliphatic rings. The van der Waals surface area contributed by atoms with E-state index in [4.69, 9.17) is 5.11 Å². The highest BCUT2D eigenvalue weighted by molar-refractivity contribution is 5.90. The van der Waals surface area contributed by atoms with Gasteiger partial charge < -0.3 is 9.67 Å². The second-order valence-corrected chi connectivity index (χ2v) is 4.10. The lowest BCUT2D eigenvalue weighted by molar-refractivity contribution is -0.138. The first-order chi connectivity index (χ1) is 9.34. The van der Waals surface area contributed by atoms with Crippen LogP contribution in [-0.2, 0) is 12.6 Å². The number of carboxylic acid groups (broad SMARTS) is 1. The van der Waals surface area contributed by atoms with Crippen LogP contribution in [0.25, 0.3) is 5.69 Å². The predicted molar refractivity (Wildman–Crippen MR) is 64.9 cm³/mol. The molecule has 1 N–H and O–H groups in total. The molecule has 7 heteroatoms. The minimum atomic E-state index is -4.73. The van der Waals surface area contributed by atoms with Crippen molar-refractivity contribution in [2.24, 2.45) is 0 Å². The number of hydrogen-bond donors (Lipinski definition) is 1. The topological polar surface area (TPSA) is 55.1 Å². The van der Waals surface area contributed by atoms with Crippen LogP contribution in [-0.4, -0.2) is 20.6 Å². The van der Waals surface area contributed by atoms with Crippen molar-refractivity contribution in [3.63, 3.8) is 0 Å². The number of carbonyl (C=O) groups is 1. The van der Waals surface area contributed by atoms with E-state index in [9.17, 15) is 18.0 Å². The lowest BCUT2D eigenvalue weighted by atomic mass is 10.1. The zero-order valence-corrected chi connectivity index (χ0v) is 10.5. The van der Waals surface area contributed by atoms with Crippen molar-refractivity contribution in [3.05, 3.63) is 47.5 Å². The molecule has 1 aromatic carbocycles. The monoisotopic (exact) mass is 284 g/mol. The average molecular weight is 284 g/mol. The van der Waals surface area contributed by atoms with Crippen LogP contribution in [0, 0.1) is 0 Å². The molecule has 1 aromatic heterocycles. The van der Waals surface area contributed by atoms with E-state index in [1.807, 2.05) is 6.92 Å². The number of aromatic carboxylic acids is 1. The van der Waals surface area contributed by atoms with Gasteiger partial charge in [0.25, 0.3) is 0 Å². The molecule has 0 saturated carbocycles. The minimum absolute atomic E-state index is 0.233. The van der Waals surface area contributed by atoms with Gasteiger partial charge in [0, 0.05) is 24.5 Å². The molecule has 1 heterocycles. The summed E-state index contributed by atoms with van der Waals surface area (Å²) >= 11 is 0. The molecular formula is C13H11F3N2O2. The summed E-state index contributed by atoms with van der Waals surface area (Å²) in [6.45, 7) is 1.83. The van der Waals surface area contributed by atoms with Gasteiger partial charge in [-0.1, -0.05) is 6.92 Å². The largest absolute Gasteiger partial charge is 0.478 e. The number of halogens is 3. The summed E-state index contributed by atoms with van der Waals surface area (Å²) in [5.74, 6) is -1.01. The van der Waals surface area contributed by atoms with Crippen LogP contribution in [0.5, 0.6) is 0 Å². The zero-order valence-electron chi connectivity index (χ0n) is 10.5. The highest BCUT2D eigenvalue weighted by atomic mass is 19.4. The molecule has 0 bridgehead atoms. The minimum Gasteiger partial charge on any atom is -0.478 e. The number of imidazole rings is 1. The van der Waals surface area contributed by atoms with E-state index in [0.29, 0.717) is 12.2 Å². The van der Waals surface area contributed by atoms with E-state index in [2.05, 4.69) is 4.98 Å². The third-order valence-corrected chi connectivity index (χ3v) is 2.85. The van der Waals surface area contributed by atoms with Crippen molar-refractivity contribution in [1.82, 2.24) is 9.55 Å². The maximum atomic E-state index is 12.9. The van der Waals surface area contributed by atoms with Gasteiger partial charge in [-0.3, -0.25) is 0 Å². The zero-order chi connectivity index (χ0) is 14.9. The Morgan fingerprint density at radius 1 is 1.40 bits per heavy atom. The molecular weight excluding hydrogens is 273 g/mol. The second kappa shape index (κ2) is 4.99. The van der Waals surface area contributed by atoms with Gasteiger partial charge in [0.05, 0.1) is 11.1 Å². The van der Waals surface area contributed by atoms with Gasteiger partial charge in [0.15, 0.2) is 0 Å². The third-order valence-electron chi connectivity index (χ3n) is 2.85. The van der Waals surface area contributed by atoms with Gasteiger partial charge in [-0.2, -0.15) is 13.2 Å². The van der Waals surface area contributed by atoms with Gasteiger partial charge in [-0.25, -0.2) is 9.78 Å². The summed E-state index contributed by atoms with van der Waals surface area (Å²) in [6, 6.07) is 3.11. The highest BCUT2D eigenvalue weighted by Crippen LogP contribution is 2.33. The lowest BCUT2D eigenvalue weighted by Gasteiger charge is -2.13. The molecule has 0 fully saturated rings. The summed E-state index contributed by atoms with van der Waals surface area (Å²) in [6.07, 6.45) is -1.16. The summed E-state index contributed by atoms with van der Waals surface area (Å²) in [5, 5.41) is 8.83. The van der Waals surface area contributed by atoms with Crippen LogP contribution in [0.4, 0.5) is 13.2 Å². The number of nitrogens with zero attached hydrogens (tertiary/aromatic N) is 2. The van der Waals surface area contributed by atoms with Crippen molar-refractivity contribution < 1.29 is 23.1 Å². The molecule has 2 rings (SSSR count). The Morgan fingerprint density at radius 2 is 2.10 bits per heavy atom. The number of benzene rings is 1. The molecule has 2 aromatic rings. The number of carboxylic acids is 1. The van der Waals surface area contributed by atoms with E-state index < -0.39 is 23.3 Å². The SMILES string of the molecule is CCc1nccn1-c1ccc(C(=O)O)c(C(F)(F)F)c1. The number of aromatic nitrogens is 2. The van der Waals surface area contributed by atoms with Crippen molar-refractivity contribution in [2.45, 2.75) is 19.5 Å². The Bertz CT molecular complexity index is 647. The number of alkyl halides is 3. The molecule has 4 nitrogen and oxygen atoms in total. The van der Waals surface area contributed by atoms with Gasteiger partial charge in [-0.05, 0) is 18.2 Å². The molecule has 0 radical (unpaired) electrons. The van der Waals surface area contributed by atoms with E-state index in [1.54, 1.807) is 0 Å². The van der Waals surface area contributed by atoms with Crippen LogP contribution >= 0.6 is 0 Å². The van der Waals surface area contributed by atoms with Crippen LogP contribution in [0.1, 0.15) is 28.7 Å². The smallest absolute Gasteiger partial charge is 0.417 e. The van der Waals surface area contributed by atoms with Crippen LogP contribution in [0.15, 0.2) is 30.6 Å². The van der Waals surface area contributed by atoms with E-state index in [1.165, 1.54) is 23.0 Å². The van der Waals surface area contributed by atoms with Gasteiger partial charge >= 0.3 is 12.1 Å². The van der Waals surface area contributed by atoms with E-state index in [0.717, 1.165) is 12.1 Å². The second-order valence-electron chi connectivity index (χ2n) is 4.10. The number of hydrogen-bond acceptors (Lipinski definition) is 2. The molecule has 0 saturated heterocycles. The fraction of sp³-hybridized carbons (Fsp3) is 0.231. The number of rotatable bonds is 3. The standard InChI is InChI=1S/C13H11F3N2O2/c1-2-11-17-5-6-18(11)8-3-4-9(12(19)20)10(7-8)13(14,15)16/h3-7H,2H2,1H3,(H,19,20). The Morgan fingerprint density at radius 3 is 2.65 bits per heavy atom. The summed E-state index contributed by atoms with van der Waals surface area (Å²) in [5.41, 5.74) is -1.70. The third kappa shape index (κ3) is 2.52. The first-order valence-electron chi connectivity index (χ1n) is 5.81. The first-order valence-corrected chi connectivity index (χ1v) is 5.81. The van der Waals surface area contributed by atoms with Gasteiger partial charge in [0.2, 0.25) is 0 Å². The Hall–Kier alpha value is -2.31. The molecule has 0 amide bonds. The van der Waals surface area contributed by atoms with Crippen LogP contribution in [0.2, 0.25) is 0 Å². The van der Waals surface area contributed by atoms with Gasteiger partial charge in [0.1, 0.15) is 5.82 Å². The van der Waals surface area contributed by atoms with E-state index in [-0.39, 0.29) is 5.69 Å². The summed E-state index contributed by atoms with van der Waals surface area (Å²) in [7, 11) is 0. The van der Waals surface area contributed by atoms with Crippen LogP contribution < -0.4 is 0 Å². The Kier molecular flexibility index (Phi) is 3.52.